The summed E-state index contributed by atoms with van der Waals surface area (Å²) < 4.78 is 0. The van der Waals surface area contributed by atoms with Gasteiger partial charge in [0, 0.05) is 6.42 Å². The van der Waals surface area contributed by atoms with Gasteiger partial charge in [-0.1, -0.05) is 48.5 Å². The third-order valence-electron chi connectivity index (χ3n) is 2.98. The van der Waals surface area contributed by atoms with Crippen molar-refractivity contribution >= 4 is 29.0 Å². The van der Waals surface area contributed by atoms with Gasteiger partial charge in [0.2, 0.25) is 0 Å². The maximum absolute atomic E-state index is 10.8. The summed E-state index contributed by atoms with van der Waals surface area (Å²) in [5.74, 6) is 0.297. The fourth-order valence-electron chi connectivity index (χ4n) is 1.93. The highest BCUT2D eigenvalue weighted by molar-refractivity contribution is 6.42. The number of carbonyl (C=O) groups is 1. The number of ketones is 1. The van der Waals surface area contributed by atoms with Crippen LogP contribution in [0.15, 0.2) is 18.2 Å². The molecule has 0 bridgehead atoms. The van der Waals surface area contributed by atoms with Gasteiger partial charge in [0.1, 0.15) is 5.78 Å². The molecule has 0 saturated carbocycles. The fourth-order valence-corrected chi connectivity index (χ4v) is 2.25. The molecule has 0 spiro atoms. The van der Waals surface area contributed by atoms with Crippen molar-refractivity contribution in [1.82, 2.24) is 0 Å². The van der Waals surface area contributed by atoms with E-state index < -0.39 is 0 Å². The molecule has 0 N–H and O–H groups in total. The number of hydrogen-bond acceptors (Lipinski definition) is 1. The molecule has 100 valence electrons. The van der Waals surface area contributed by atoms with Gasteiger partial charge in [-0.15, -0.1) is 0 Å². The third kappa shape index (κ3) is 6.42. The molecule has 0 unspecified atom stereocenters. The van der Waals surface area contributed by atoms with Crippen molar-refractivity contribution in [2.24, 2.45) is 0 Å². The van der Waals surface area contributed by atoms with Crippen LogP contribution in [-0.4, -0.2) is 5.78 Å². The zero-order valence-electron chi connectivity index (χ0n) is 10.8. The van der Waals surface area contributed by atoms with E-state index in [1.165, 1.54) is 18.4 Å². The minimum atomic E-state index is 0.297. The number of carbonyl (C=O) groups excluding carboxylic acids is 1. The zero-order valence-corrected chi connectivity index (χ0v) is 12.4. The Morgan fingerprint density at radius 1 is 1.00 bits per heavy atom. The van der Waals surface area contributed by atoms with Gasteiger partial charge in [0.25, 0.3) is 0 Å². The predicted molar refractivity (Wildman–Crippen MR) is 78.5 cm³/mol. The van der Waals surface area contributed by atoms with Crippen molar-refractivity contribution in [3.63, 3.8) is 0 Å². The number of benzene rings is 1. The Labute approximate surface area is 119 Å². The molecule has 0 fully saturated rings. The van der Waals surface area contributed by atoms with Crippen molar-refractivity contribution in [1.29, 1.82) is 0 Å². The van der Waals surface area contributed by atoms with Crippen LogP contribution >= 0.6 is 23.2 Å². The first kappa shape index (κ1) is 15.5. The fraction of sp³-hybridized carbons (Fsp3) is 0.533. The smallest absolute Gasteiger partial charge is 0.129 e. The average molecular weight is 287 g/mol. The Bertz CT molecular complexity index is 388. The SMILES string of the molecule is CC(=O)CCCCCCCc1ccc(Cl)c(Cl)c1. The van der Waals surface area contributed by atoms with Crippen LogP contribution in [0.2, 0.25) is 10.0 Å². The maximum Gasteiger partial charge on any atom is 0.129 e. The van der Waals surface area contributed by atoms with E-state index in [0.29, 0.717) is 15.8 Å². The monoisotopic (exact) mass is 286 g/mol. The van der Waals surface area contributed by atoms with Crippen LogP contribution in [0.3, 0.4) is 0 Å². The highest BCUT2D eigenvalue weighted by atomic mass is 35.5. The molecule has 3 heteroatoms. The molecule has 0 radical (unpaired) electrons. The molecule has 1 aromatic carbocycles. The van der Waals surface area contributed by atoms with Gasteiger partial charge in [0.15, 0.2) is 0 Å². The van der Waals surface area contributed by atoms with Crippen molar-refractivity contribution in [2.45, 2.75) is 51.9 Å². The van der Waals surface area contributed by atoms with Gasteiger partial charge >= 0.3 is 0 Å². The lowest BCUT2D eigenvalue weighted by atomic mass is 10.0. The Kier molecular flexibility index (Phi) is 7.38. The van der Waals surface area contributed by atoms with Crippen LogP contribution in [0.4, 0.5) is 0 Å². The Balaban J connectivity index is 2.10. The predicted octanol–water partition coefficient (Wildman–Crippen LogP) is 5.47. The van der Waals surface area contributed by atoms with Crippen LogP contribution in [0.25, 0.3) is 0 Å². The van der Waals surface area contributed by atoms with Crippen molar-refractivity contribution in [2.75, 3.05) is 0 Å². The number of unbranched alkanes of at least 4 members (excludes halogenated alkanes) is 4. The van der Waals surface area contributed by atoms with Crippen LogP contribution in [0.1, 0.15) is 51.0 Å². The van der Waals surface area contributed by atoms with Gasteiger partial charge in [-0.3, -0.25) is 0 Å². The van der Waals surface area contributed by atoms with Crippen LogP contribution in [0, 0.1) is 0 Å². The Morgan fingerprint density at radius 2 is 1.67 bits per heavy atom. The second-order valence-corrected chi connectivity index (χ2v) is 5.53. The third-order valence-corrected chi connectivity index (χ3v) is 3.72. The lowest BCUT2D eigenvalue weighted by Gasteiger charge is -2.03. The second kappa shape index (κ2) is 8.55. The van der Waals surface area contributed by atoms with Crippen LogP contribution in [-0.2, 0) is 11.2 Å². The quantitative estimate of drug-likeness (QED) is 0.580. The number of halogens is 2. The van der Waals surface area contributed by atoms with E-state index in [9.17, 15) is 4.79 Å². The standard InChI is InChI=1S/C15H20Cl2O/c1-12(18)7-5-3-2-4-6-8-13-9-10-14(16)15(17)11-13/h9-11H,2-8H2,1H3. The summed E-state index contributed by atoms with van der Waals surface area (Å²) in [4.78, 5) is 10.8. The van der Waals surface area contributed by atoms with Gasteiger partial charge in [-0.25, -0.2) is 0 Å². The minimum Gasteiger partial charge on any atom is -0.300 e. The molecule has 0 heterocycles. The van der Waals surface area contributed by atoms with Gasteiger partial charge in [0.05, 0.1) is 10.0 Å². The molecule has 0 aromatic heterocycles. The maximum atomic E-state index is 10.8. The minimum absolute atomic E-state index is 0.297. The van der Waals surface area contributed by atoms with Crippen molar-refractivity contribution in [3.8, 4) is 0 Å². The second-order valence-electron chi connectivity index (χ2n) is 4.72. The van der Waals surface area contributed by atoms with E-state index >= 15 is 0 Å². The Hall–Kier alpha value is -0.530. The summed E-state index contributed by atoms with van der Waals surface area (Å²) in [6, 6.07) is 5.83. The summed E-state index contributed by atoms with van der Waals surface area (Å²) in [7, 11) is 0. The van der Waals surface area contributed by atoms with Gasteiger partial charge < -0.3 is 4.79 Å². The molecule has 0 aliphatic rings. The molecule has 0 atom stereocenters. The molecular weight excluding hydrogens is 267 g/mol. The first-order valence-electron chi connectivity index (χ1n) is 6.53. The summed E-state index contributed by atoms with van der Waals surface area (Å²) in [5, 5.41) is 1.25. The highest BCUT2D eigenvalue weighted by Gasteiger charge is 2.00. The van der Waals surface area contributed by atoms with E-state index in [4.69, 9.17) is 23.2 Å². The largest absolute Gasteiger partial charge is 0.300 e. The molecule has 0 aliphatic carbocycles. The van der Waals surface area contributed by atoms with Crippen LogP contribution in [0.5, 0.6) is 0 Å². The van der Waals surface area contributed by atoms with E-state index in [-0.39, 0.29) is 0 Å². The lowest BCUT2D eigenvalue weighted by Crippen LogP contribution is -1.90. The molecule has 0 amide bonds. The molecule has 0 aliphatic heterocycles. The first-order chi connectivity index (χ1) is 8.59. The normalized spacial score (nSPS) is 10.6. The molecular formula is C15H20Cl2O. The summed E-state index contributed by atoms with van der Waals surface area (Å²) in [6.07, 6.45) is 7.53. The molecule has 18 heavy (non-hydrogen) atoms. The van der Waals surface area contributed by atoms with Gasteiger partial charge in [-0.05, 0) is 43.9 Å². The first-order valence-corrected chi connectivity index (χ1v) is 7.28. The summed E-state index contributed by atoms with van der Waals surface area (Å²) in [6.45, 7) is 1.66. The molecule has 0 saturated heterocycles. The van der Waals surface area contributed by atoms with Gasteiger partial charge in [-0.2, -0.15) is 0 Å². The van der Waals surface area contributed by atoms with Crippen molar-refractivity contribution < 1.29 is 4.79 Å². The van der Waals surface area contributed by atoms with E-state index in [2.05, 4.69) is 0 Å². The number of aryl methyl sites for hydroxylation is 1. The average Bonchev–Trinajstić information content (AvgIpc) is 2.32. The molecule has 1 aromatic rings. The highest BCUT2D eigenvalue weighted by Crippen LogP contribution is 2.23. The van der Waals surface area contributed by atoms with E-state index in [1.54, 1.807) is 6.92 Å². The lowest BCUT2D eigenvalue weighted by molar-refractivity contribution is -0.117. The number of Topliss-reactive ketones (excluding diaryl/α,β-unsaturated/α-hetero) is 1. The Morgan fingerprint density at radius 3 is 2.33 bits per heavy atom. The van der Waals surface area contributed by atoms with Crippen LogP contribution < -0.4 is 0 Å². The zero-order chi connectivity index (χ0) is 13.4. The van der Waals surface area contributed by atoms with Crippen molar-refractivity contribution in [3.05, 3.63) is 33.8 Å². The number of rotatable bonds is 8. The summed E-state index contributed by atoms with van der Waals surface area (Å²) >= 11 is 11.8. The van der Waals surface area contributed by atoms with E-state index in [1.807, 2.05) is 18.2 Å². The summed E-state index contributed by atoms with van der Waals surface area (Å²) in [5.41, 5.74) is 1.24. The topological polar surface area (TPSA) is 17.1 Å². The van der Waals surface area contributed by atoms with E-state index in [0.717, 1.165) is 32.1 Å². The number of hydrogen-bond donors (Lipinski definition) is 0. The molecule has 1 rings (SSSR count). The molecule has 1 nitrogen and oxygen atoms in total.